The number of nitrogens with one attached hydrogen (secondary N) is 1. The van der Waals surface area contributed by atoms with E-state index in [0.29, 0.717) is 0 Å². The molecule has 0 radical (unpaired) electrons. The van der Waals surface area contributed by atoms with Gasteiger partial charge in [-0.05, 0) is 33.0 Å². The summed E-state index contributed by atoms with van der Waals surface area (Å²) in [7, 11) is 1.97. The minimum absolute atomic E-state index is 1.01. The van der Waals surface area contributed by atoms with Crippen LogP contribution in [0.2, 0.25) is 0 Å². The molecule has 0 saturated carbocycles. The second-order valence-corrected chi connectivity index (χ2v) is 2.68. The summed E-state index contributed by atoms with van der Waals surface area (Å²) in [4.78, 5) is 0. The van der Waals surface area contributed by atoms with Gasteiger partial charge in [-0.1, -0.05) is 0 Å². The highest BCUT2D eigenvalue weighted by Gasteiger charge is 1.91. The number of hydrogen-bond donors (Lipinski definition) is 1. The normalized spacial score (nSPS) is 10.4. The SMILES string of the molecule is CNCCCn1ccc(C)n1. The van der Waals surface area contributed by atoms with Crippen molar-refractivity contribution >= 4 is 0 Å². The van der Waals surface area contributed by atoms with Gasteiger partial charge >= 0.3 is 0 Å². The molecule has 0 fully saturated rings. The van der Waals surface area contributed by atoms with Gasteiger partial charge in [-0.2, -0.15) is 5.10 Å². The fourth-order valence-corrected chi connectivity index (χ4v) is 1.01. The molecule has 3 nitrogen and oxygen atoms in total. The molecular weight excluding hydrogens is 138 g/mol. The Morgan fingerprint density at radius 2 is 2.45 bits per heavy atom. The summed E-state index contributed by atoms with van der Waals surface area (Å²) >= 11 is 0. The molecule has 0 spiro atoms. The largest absolute Gasteiger partial charge is 0.320 e. The van der Waals surface area contributed by atoms with Crippen molar-refractivity contribution in [2.75, 3.05) is 13.6 Å². The molecule has 11 heavy (non-hydrogen) atoms. The van der Waals surface area contributed by atoms with E-state index in [9.17, 15) is 0 Å². The van der Waals surface area contributed by atoms with E-state index in [1.807, 2.05) is 30.9 Å². The molecule has 0 aliphatic rings. The lowest BCUT2D eigenvalue weighted by Crippen LogP contribution is -2.11. The van der Waals surface area contributed by atoms with Crippen LogP contribution in [0.3, 0.4) is 0 Å². The van der Waals surface area contributed by atoms with Crippen LogP contribution in [0.5, 0.6) is 0 Å². The minimum Gasteiger partial charge on any atom is -0.320 e. The van der Waals surface area contributed by atoms with Crippen molar-refractivity contribution in [1.29, 1.82) is 0 Å². The highest BCUT2D eigenvalue weighted by molar-refractivity contribution is 4.94. The van der Waals surface area contributed by atoms with Crippen LogP contribution in [-0.4, -0.2) is 23.4 Å². The number of aromatic nitrogens is 2. The van der Waals surface area contributed by atoms with Crippen LogP contribution in [0.25, 0.3) is 0 Å². The zero-order valence-corrected chi connectivity index (χ0v) is 7.17. The third kappa shape index (κ3) is 2.72. The van der Waals surface area contributed by atoms with E-state index >= 15 is 0 Å². The smallest absolute Gasteiger partial charge is 0.0593 e. The first-order valence-electron chi connectivity index (χ1n) is 3.97. The maximum Gasteiger partial charge on any atom is 0.0593 e. The van der Waals surface area contributed by atoms with Crippen molar-refractivity contribution in [3.63, 3.8) is 0 Å². The summed E-state index contributed by atoms with van der Waals surface area (Å²) in [6, 6.07) is 2.03. The highest BCUT2D eigenvalue weighted by atomic mass is 15.3. The molecule has 0 aliphatic carbocycles. The number of rotatable bonds is 4. The third-order valence-corrected chi connectivity index (χ3v) is 1.59. The van der Waals surface area contributed by atoms with Crippen molar-refractivity contribution in [3.05, 3.63) is 18.0 Å². The van der Waals surface area contributed by atoms with Gasteiger partial charge in [0.05, 0.1) is 5.69 Å². The Balaban J connectivity index is 2.27. The number of hydrogen-bond acceptors (Lipinski definition) is 2. The molecule has 0 bridgehead atoms. The van der Waals surface area contributed by atoms with Crippen molar-refractivity contribution < 1.29 is 0 Å². The maximum absolute atomic E-state index is 4.27. The van der Waals surface area contributed by atoms with Crippen LogP contribution in [0.15, 0.2) is 12.3 Å². The molecule has 1 aromatic rings. The Bertz CT molecular complexity index is 205. The molecule has 0 aromatic carbocycles. The molecule has 0 amide bonds. The van der Waals surface area contributed by atoms with Crippen LogP contribution < -0.4 is 5.32 Å². The Hall–Kier alpha value is -0.830. The monoisotopic (exact) mass is 153 g/mol. The molecule has 1 N–H and O–H groups in total. The van der Waals surface area contributed by atoms with Crippen molar-refractivity contribution in [3.8, 4) is 0 Å². The first-order chi connectivity index (χ1) is 5.33. The molecule has 3 heteroatoms. The van der Waals surface area contributed by atoms with E-state index in [4.69, 9.17) is 0 Å². The van der Waals surface area contributed by atoms with Gasteiger partial charge in [-0.15, -0.1) is 0 Å². The average Bonchev–Trinajstić information content (AvgIpc) is 2.37. The second kappa shape index (κ2) is 4.13. The van der Waals surface area contributed by atoms with Gasteiger partial charge in [0, 0.05) is 12.7 Å². The minimum atomic E-state index is 1.01. The van der Waals surface area contributed by atoms with E-state index in [-0.39, 0.29) is 0 Å². The highest BCUT2D eigenvalue weighted by Crippen LogP contribution is 1.93. The van der Waals surface area contributed by atoms with E-state index in [1.54, 1.807) is 0 Å². The third-order valence-electron chi connectivity index (χ3n) is 1.59. The van der Waals surface area contributed by atoms with Gasteiger partial charge in [0.2, 0.25) is 0 Å². The van der Waals surface area contributed by atoms with Crippen molar-refractivity contribution in [1.82, 2.24) is 15.1 Å². The van der Waals surface area contributed by atoms with Crippen LogP contribution in [0.4, 0.5) is 0 Å². The summed E-state index contributed by atoms with van der Waals surface area (Å²) < 4.78 is 1.98. The van der Waals surface area contributed by atoms with Gasteiger partial charge in [0.1, 0.15) is 0 Å². The summed E-state index contributed by atoms with van der Waals surface area (Å²) in [6.45, 7) is 4.07. The maximum atomic E-state index is 4.27. The van der Waals surface area contributed by atoms with E-state index in [1.165, 1.54) is 0 Å². The van der Waals surface area contributed by atoms with Gasteiger partial charge in [-0.25, -0.2) is 0 Å². The molecule has 0 saturated heterocycles. The van der Waals surface area contributed by atoms with E-state index in [2.05, 4.69) is 10.4 Å². The topological polar surface area (TPSA) is 29.9 Å². The molecule has 1 rings (SSSR count). The molecule has 62 valence electrons. The number of aryl methyl sites for hydroxylation is 2. The summed E-state index contributed by atoms with van der Waals surface area (Å²) in [6.07, 6.45) is 3.16. The quantitative estimate of drug-likeness (QED) is 0.648. The Labute approximate surface area is 67.4 Å². The summed E-state index contributed by atoms with van der Waals surface area (Å²) in [5.41, 5.74) is 1.09. The van der Waals surface area contributed by atoms with E-state index in [0.717, 1.165) is 25.2 Å². The van der Waals surface area contributed by atoms with Crippen LogP contribution in [0, 0.1) is 6.92 Å². The lowest BCUT2D eigenvalue weighted by Gasteiger charge is -1.99. The molecule has 0 atom stereocenters. The lowest BCUT2D eigenvalue weighted by atomic mass is 10.4. The predicted molar refractivity (Wildman–Crippen MR) is 45.5 cm³/mol. The zero-order chi connectivity index (χ0) is 8.10. The lowest BCUT2D eigenvalue weighted by molar-refractivity contribution is 0.559. The molecule has 1 aromatic heterocycles. The van der Waals surface area contributed by atoms with Gasteiger partial charge in [-0.3, -0.25) is 4.68 Å². The zero-order valence-electron chi connectivity index (χ0n) is 7.17. The fourth-order valence-electron chi connectivity index (χ4n) is 1.01. The first kappa shape index (κ1) is 8.27. The van der Waals surface area contributed by atoms with Gasteiger partial charge in [0.15, 0.2) is 0 Å². The first-order valence-corrected chi connectivity index (χ1v) is 3.97. The standard InChI is InChI=1S/C8H15N3/c1-8-4-7-11(10-8)6-3-5-9-2/h4,7,9H,3,5-6H2,1-2H3. The fraction of sp³-hybridized carbons (Fsp3) is 0.625. The molecule has 0 unspecified atom stereocenters. The predicted octanol–water partition coefficient (Wildman–Crippen LogP) is 0.801. The van der Waals surface area contributed by atoms with E-state index < -0.39 is 0 Å². The Morgan fingerprint density at radius 1 is 1.64 bits per heavy atom. The second-order valence-electron chi connectivity index (χ2n) is 2.68. The molecule has 1 heterocycles. The van der Waals surface area contributed by atoms with Gasteiger partial charge in [0.25, 0.3) is 0 Å². The van der Waals surface area contributed by atoms with Crippen LogP contribution in [0.1, 0.15) is 12.1 Å². The molecule has 0 aliphatic heterocycles. The van der Waals surface area contributed by atoms with Crippen LogP contribution >= 0.6 is 0 Å². The summed E-state index contributed by atoms with van der Waals surface area (Å²) in [5, 5.41) is 7.38. The summed E-state index contributed by atoms with van der Waals surface area (Å²) in [5.74, 6) is 0. The average molecular weight is 153 g/mol. The van der Waals surface area contributed by atoms with Crippen LogP contribution in [-0.2, 0) is 6.54 Å². The molecular formula is C8H15N3. The van der Waals surface area contributed by atoms with Crippen molar-refractivity contribution in [2.45, 2.75) is 19.9 Å². The Kier molecular flexibility index (Phi) is 3.11. The van der Waals surface area contributed by atoms with Crippen molar-refractivity contribution in [2.24, 2.45) is 0 Å². The van der Waals surface area contributed by atoms with Gasteiger partial charge < -0.3 is 5.32 Å². The Morgan fingerprint density at radius 3 is 3.00 bits per heavy atom. The number of nitrogens with zero attached hydrogens (tertiary/aromatic N) is 2.